The van der Waals surface area contributed by atoms with Gasteiger partial charge in [-0.3, -0.25) is 9.00 Å². The first-order valence-electron chi connectivity index (χ1n) is 9.29. The van der Waals surface area contributed by atoms with Crippen molar-refractivity contribution in [2.75, 3.05) is 36.5 Å². The quantitative estimate of drug-likeness (QED) is 0.803. The lowest BCUT2D eigenvalue weighted by atomic mass is 10.0. The molecule has 3 amide bonds. The molecule has 1 N–H and O–H groups in total. The van der Waals surface area contributed by atoms with Gasteiger partial charge in [0.1, 0.15) is 17.4 Å². The first-order valence-corrected chi connectivity index (χ1v) is 11.6. The zero-order chi connectivity index (χ0) is 19.7. The molecule has 0 bridgehead atoms. The van der Waals surface area contributed by atoms with Crippen LogP contribution in [-0.4, -0.2) is 68.1 Å². The zero-order valence-electron chi connectivity index (χ0n) is 15.2. The smallest absolute Gasteiger partial charge is 0.320 e. The van der Waals surface area contributed by atoms with E-state index < -0.39 is 22.7 Å². The van der Waals surface area contributed by atoms with Crippen molar-refractivity contribution in [2.45, 2.75) is 25.3 Å². The second-order valence-corrected chi connectivity index (χ2v) is 9.64. The summed E-state index contributed by atoms with van der Waals surface area (Å²) in [5.74, 6) is 0.237. The van der Waals surface area contributed by atoms with Gasteiger partial charge in [0.05, 0.1) is 4.70 Å². The number of hydrogen-bond acceptors (Lipinski definition) is 5. The van der Waals surface area contributed by atoms with E-state index >= 15 is 0 Å². The highest BCUT2D eigenvalue weighted by atomic mass is 32.2. The molecule has 2 saturated heterocycles. The number of benzene rings is 1. The lowest BCUT2D eigenvalue weighted by molar-refractivity contribution is -0.121. The van der Waals surface area contributed by atoms with Crippen LogP contribution in [0.1, 0.15) is 19.3 Å². The lowest BCUT2D eigenvalue weighted by Gasteiger charge is -2.39. The van der Waals surface area contributed by atoms with Gasteiger partial charge in [-0.15, -0.1) is 0 Å². The topological polar surface area (TPSA) is 82.6 Å². The van der Waals surface area contributed by atoms with Gasteiger partial charge in [0.2, 0.25) is 5.91 Å². The third-order valence-corrected chi connectivity index (χ3v) is 7.31. The fraction of sp³-hybridized carbons (Fsp3) is 0.500. The minimum atomic E-state index is -0.866. The molecule has 2 aliphatic rings. The van der Waals surface area contributed by atoms with Crippen molar-refractivity contribution in [2.24, 2.45) is 0 Å². The van der Waals surface area contributed by atoms with Crippen molar-refractivity contribution < 1.29 is 18.2 Å². The molecule has 2 aliphatic heterocycles. The molecule has 0 unspecified atom stereocenters. The van der Waals surface area contributed by atoms with Crippen LogP contribution in [0.4, 0.5) is 14.3 Å². The maximum atomic E-state index is 13.8. The van der Waals surface area contributed by atoms with Gasteiger partial charge in [-0.2, -0.15) is 0 Å². The maximum absolute atomic E-state index is 13.8. The highest BCUT2D eigenvalue weighted by Crippen LogP contribution is 2.28. The van der Waals surface area contributed by atoms with Crippen LogP contribution in [0.3, 0.4) is 0 Å². The van der Waals surface area contributed by atoms with E-state index in [1.807, 2.05) is 0 Å². The van der Waals surface area contributed by atoms with Crippen LogP contribution < -0.4 is 5.32 Å². The molecule has 4 rings (SSSR count). The second-order valence-electron chi connectivity index (χ2n) is 6.92. The number of fused-ring (bicyclic) bond motifs is 1. The average Bonchev–Trinajstić information content (AvgIpc) is 3.12. The van der Waals surface area contributed by atoms with E-state index in [-0.39, 0.29) is 17.5 Å². The number of piperidine rings is 1. The number of nitrogens with one attached hydrogen (secondary N) is 1. The van der Waals surface area contributed by atoms with Crippen LogP contribution >= 0.6 is 11.3 Å². The predicted octanol–water partition coefficient (Wildman–Crippen LogP) is 2.41. The minimum Gasteiger partial charge on any atom is -0.323 e. The van der Waals surface area contributed by atoms with E-state index in [1.54, 1.807) is 21.9 Å². The SMILES string of the molecule is O=C(Nc1nc2c(F)cccc2s1)[C@@H]1CCCCN1C(=O)N1CCS(=O)CC1. The van der Waals surface area contributed by atoms with Crippen LogP contribution in [-0.2, 0) is 15.6 Å². The number of amides is 3. The number of thiazole rings is 1. The Balaban J connectivity index is 1.48. The molecule has 0 spiro atoms. The third-order valence-electron chi connectivity index (χ3n) is 5.10. The Hall–Kier alpha value is -2.07. The monoisotopic (exact) mass is 424 g/mol. The van der Waals surface area contributed by atoms with Gasteiger partial charge >= 0.3 is 6.03 Å². The molecule has 1 aromatic carbocycles. The average molecular weight is 425 g/mol. The summed E-state index contributed by atoms with van der Waals surface area (Å²) >= 11 is 1.21. The Morgan fingerprint density at radius 1 is 1.21 bits per heavy atom. The Morgan fingerprint density at radius 3 is 2.75 bits per heavy atom. The summed E-state index contributed by atoms with van der Waals surface area (Å²) in [6, 6.07) is 3.94. The van der Waals surface area contributed by atoms with Gasteiger partial charge < -0.3 is 15.1 Å². The number of anilines is 1. The fourth-order valence-corrected chi connectivity index (χ4v) is 5.54. The lowest BCUT2D eigenvalue weighted by Crippen LogP contribution is -2.56. The standard InChI is InChI=1S/C18H21FN4O3S2/c19-12-4-3-6-14-15(12)20-17(27-14)21-16(24)13-5-1-2-7-23(13)18(25)22-8-10-28(26)11-9-22/h3-4,6,13H,1-2,5,7-11H2,(H,20,21,24)/t13-/m0/s1. The van der Waals surface area contributed by atoms with Crippen LogP contribution in [0.5, 0.6) is 0 Å². The number of carbonyl (C=O) groups excluding carboxylic acids is 2. The first kappa shape index (κ1) is 19.3. The van der Waals surface area contributed by atoms with E-state index in [0.29, 0.717) is 47.4 Å². The van der Waals surface area contributed by atoms with Gasteiger partial charge in [0.25, 0.3) is 0 Å². The van der Waals surface area contributed by atoms with Gasteiger partial charge in [-0.25, -0.2) is 14.2 Å². The predicted molar refractivity (Wildman–Crippen MR) is 107 cm³/mol. The molecular weight excluding hydrogens is 403 g/mol. The zero-order valence-corrected chi connectivity index (χ0v) is 16.9. The minimum absolute atomic E-state index is 0.174. The molecule has 3 heterocycles. The highest BCUT2D eigenvalue weighted by Gasteiger charge is 2.35. The number of carbonyl (C=O) groups is 2. The van der Waals surface area contributed by atoms with E-state index in [0.717, 1.165) is 12.8 Å². The molecule has 7 nitrogen and oxygen atoms in total. The van der Waals surface area contributed by atoms with Crippen LogP contribution in [0.2, 0.25) is 0 Å². The third kappa shape index (κ3) is 3.88. The molecule has 28 heavy (non-hydrogen) atoms. The summed E-state index contributed by atoms with van der Waals surface area (Å²) < 4.78 is 26.0. The maximum Gasteiger partial charge on any atom is 0.320 e. The molecule has 0 saturated carbocycles. The molecule has 10 heteroatoms. The van der Waals surface area contributed by atoms with Crippen molar-refractivity contribution in [3.8, 4) is 0 Å². The van der Waals surface area contributed by atoms with Crippen LogP contribution in [0.15, 0.2) is 18.2 Å². The Morgan fingerprint density at radius 2 is 2.00 bits per heavy atom. The number of nitrogens with zero attached hydrogens (tertiary/aromatic N) is 3. The Bertz CT molecular complexity index is 925. The molecule has 0 aliphatic carbocycles. The highest BCUT2D eigenvalue weighted by molar-refractivity contribution is 7.85. The number of para-hydroxylation sites is 1. The second kappa shape index (κ2) is 8.12. The Labute approximate surface area is 168 Å². The summed E-state index contributed by atoms with van der Waals surface area (Å²) in [5, 5.41) is 3.09. The van der Waals surface area contributed by atoms with Gasteiger partial charge in [0.15, 0.2) is 5.13 Å². The van der Waals surface area contributed by atoms with Gasteiger partial charge in [-0.1, -0.05) is 17.4 Å². The molecular formula is C18H21FN4O3S2. The molecule has 1 atom stereocenters. The number of urea groups is 1. The summed E-state index contributed by atoms with van der Waals surface area (Å²) in [6.07, 6.45) is 2.29. The Kier molecular flexibility index (Phi) is 5.58. The summed E-state index contributed by atoms with van der Waals surface area (Å²) in [7, 11) is -0.866. The van der Waals surface area contributed by atoms with Crippen LogP contribution in [0.25, 0.3) is 10.2 Å². The van der Waals surface area contributed by atoms with Crippen molar-refractivity contribution >= 4 is 49.4 Å². The normalized spacial score (nSPS) is 21.1. The first-order chi connectivity index (χ1) is 13.5. The molecule has 150 valence electrons. The van der Waals surface area contributed by atoms with Crippen molar-refractivity contribution in [3.63, 3.8) is 0 Å². The molecule has 2 aromatic rings. The summed E-state index contributed by atoms with van der Waals surface area (Å²) in [6.45, 7) is 1.42. The van der Waals surface area contributed by atoms with E-state index in [4.69, 9.17) is 0 Å². The molecule has 1 aromatic heterocycles. The number of halogens is 1. The largest absolute Gasteiger partial charge is 0.323 e. The van der Waals surface area contributed by atoms with E-state index in [2.05, 4.69) is 10.3 Å². The van der Waals surface area contributed by atoms with E-state index in [9.17, 15) is 18.2 Å². The van der Waals surface area contributed by atoms with Gasteiger partial charge in [0, 0.05) is 41.9 Å². The van der Waals surface area contributed by atoms with E-state index in [1.165, 1.54) is 17.4 Å². The molecule has 2 fully saturated rings. The number of likely N-dealkylation sites (tertiary alicyclic amines) is 1. The fourth-order valence-electron chi connectivity index (χ4n) is 3.60. The van der Waals surface area contributed by atoms with Crippen molar-refractivity contribution in [3.05, 3.63) is 24.0 Å². The number of rotatable bonds is 2. The van der Waals surface area contributed by atoms with Gasteiger partial charge in [-0.05, 0) is 31.4 Å². The molecule has 0 radical (unpaired) electrons. The summed E-state index contributed by atoms with van der Waals surface area (Å²) in [4.78, 5) is 33.3. The van der Waals surface area contributed by atoms with Crippen molar-refractivity contribution in [1.82, 2.24) is 14.8 Å². The van der Waals surface area contributed by atoms with Crippen LogP contribution in [0, 0.1) is 5.82 Å². The summed E-state index contributed by atoms with van der Waals surface area (Å²) in [5.41, 5.74) is 0.237. The van der Waals surface area contributed by atoms with Crippen molar-refractivity contribution in [1.29, 1.82) is 0 Å². The number of hydrogen-bond donors (Lipinski definition) is 1. The number of aromatic nitrogens is 1.